The van der Waals surface area contributed by atoms with Gasteiger partial charge in [-0.2, -0.15) is 0 Å². The first-order chi connectivity index (χ1) is 17.6. The summed E-state index contributed by atoms with van der Waals surface area (Å²) in [6.45, 7) is 4.42. The highest BCUT2D eigenvalue weighted by Gasteiger charge is 2.16. The molecular formula is C31H39FN2O2. The summed E-state index contributed by atoms with van der Waals surface area (Å²) < 4.78 is 19.9. The van der Waals surface area contributed by atoms with Crippen LogP contribution in [-0.2, 0) is 12.8 Å². The van der Waals surface area contributed by atoms with E-state index >= 15 is 0 Å². The van der Waals surface area contributed by atoms with Crippen molar-refractivity contribution in [2.75, 3.05) is 0 Å². The quantitative estimate of drug-likeness (QED) is 0.158. The number of unbranched alkanes of at least 4 members (excludes halogenated alkanes) is 8. The molecule has 2 aromatic carbocycles. The highest BCUT2D eigenvalue weighted by atomic mass is 19.1. The van der Waals surface area contributed by atoms with Crippen LogP contribution in [-0.4, -0.2) is 15.9 Å². The first-order valence-corrected chi connectivity index (χ1v) is 13.5. The van der Waals surface area contributed by atoms with Crippen molar-refractivity contribution in [2.45, 2.75) is 90.9 Å². The van der Waals surface area contributed by atoms with E-state index in [9.17, 15) is 9.18 Å². The molecule has 0 spiro atoms. The van der Waals surface area contributed by atoms with Gasteiger partial charge in [-0.1, -0.05) is 95.5 Å². The molecule has 192 valence electrons. The molecular weight excluding hydrogens is 451 g/mol. The van der Waals surface area contributed by atoms with E-state index in [-0.39, 0.29) is 11.4 Å². The lowest BCUT2D eigenvalue weighted by molar-refractivity contribution is 0.0722. The molecule has 0 aliphatic heterocycles. The van der Waals surface area contributed by atoms with Gasteiger partial charge in [0, 0.05) is 5.56 Å². The number of carbonyl (C=O) groups is 1. The molecule has 0 aliphatic carbocycles. The Hall–Kier alpha value is -3.08. The zero-order chi connectivity index (χ0) is 25.6. The van der Waals surface area contributed by atoms with Crippen LogP contribution in [0.3, 0.4) is 0 Å². The Kier molecular flexibility index (Phi) is 11.6. The first-order valence-electron chi connectivity index (χ1n) is 13.5. The predicted octanol–water partition coefficient (Wildman–Crippen LogP) is 8.53. The molecule has 36 heavy (non-hydrogen) atoms. The monoisotopic (exact) mass is 490 g/mol. The van der Waals surface area contributed by atoms with Crippen molar-refractivity contribution in [1.29, 1.82) is 0 Å². The number of aryl methyl sites for hydroxylation is 2. The first kappa shape index (κ1) is 27.5. The Morgan fingerprint density at radius 2 is 1.36 bits per heavy atom. The van der Waals surface area contributed by atoms with Crippen LogP contribution in [0.4, 0.5) is 4.39 Å². The molecule has 1 heterocycles. The highest BCUT2D eigenvalue weighted by Crippen LogP contribution is 2.20. The Morgan fingerprint density at radius 3 is 2.00 bits per heavy atom. The van der Waals surface area contributed by atoms with Gasteiger partial charge in [-0.25, -0.2) is 19.2 Å². The Morgan fingerprint density at radius 1 is 0.750 bits per heavy atom. The minimum atomic E-state index is -0.770. The Bertz CT molecular complexity index is 1060. The zero-order valence-electron chi connectivity index (χ0n) is 21.8. The number of carbonyl (C=O) groups excluding carboxylic acids is 1. The average Bonchev–Trinajstić information content (AvgIpc) is 2.89. The van der Waals surface area contributed by atoms with Gasteiger partial charge >= 0.3 is 5.97 Å². The van der Waals surface area contributed by atoms with Crippen LogP contribution in [0.15, 0.2) is 54.9 Å². The van der Waals surface area contributed by atoms with E-state index in [2.05, 4.69) is 35.9 Å². The van der Waals surface area contributed by atoms with Gasteiger partial charge < -0.3 is 4.74 Å². The number of aromatic nitrogens is 2. The maximum atomic E-state index is 14.6. The number of nitrogens with zero attached hydrogens (tertiary/aromatic N) is 2. The van der Waals surface area contributed by atoms with Crippen LogP contribution in [0.25, 0.3) is 11.3 Å². The van der Waals surface area contributed by atoms with Gasteiger partial charge in [-0.15, -0.1) is 0 Å². The second-order valence-electron chi connectivity index (χ2n) is 9.47. The highest BCUT2D eigenvalue weighted by molar-refractivity contribution is 5.91. The third-order valence-corrected chi connectivity index (χ3v) is 6.47. The van der Waals surface area contributed by atoms with Crippen molar-refractivity contribution in [3.8, 4) is 17.1 Å². The molecule has 3 rings (SSSR count). The largest absolute Gasteiger partial charge is 0.402 e. The fourth-order valence-electron chi connectivity index (χ4n) is 4.26. The third-order valence-electron chi connectivity index (χ3n) is 6.47. The number of hydrogen-bond donors (Lipinski definition) is 0. The molecule has 0 bridgehead atoms. The van der Waals surface area contributed by atoms with Crippen LogP contribution in [0.1, 0.15) is 99.5 Å². The Labute approximate surface area is 215 Å². The van der Waals surface area contributed by atoms with E-state index in [1.165, 1.54) is 75.3 Å². The summed E-state index contributed by atoms with van der Waals surface area (Å²) in [5, 5.41) is 0. The normalized spacial score (nSPS) is 11.0. The van der Waals surface area contributed by atoms with Crippen molar-refractivity contribution < 1.29 is 13.9 Å². The van der Waals surface area contributed by atoms with E-state index in [1.54, 1.807) is 12.3 Å². The lowest BCUT2D eigenvalue weighted by Gasteiger charge is -2.08. The van der Waals surface area contributed by atoms with Crippen LogP contribution in [0.2, 0.25) is 0 Å². The van der Waals surface area contributed by atoms with Crippen molar-refractivity contribution in [2.24, 2.45) is 0 Å². The van der Waals surface area contributed by atoms with Crippen molar-refractivity contribution in [3.63, 3.8) is 0 Å². The molecule has 0 aliphatic rings. The second-order valence-corrected chi connectivity index (χ2v) is 9.47. The molecule has 0 radical (unpaired) electrons. The third kappa shape index (κ3) is 8.85. The second kappa shape index (κ2) is 15.1. The lowest BCUT2D eigenvalue weighted by atomic mass is 10.0. The fraction of sp³-hybridized carbons (Fsp3) is 0.452. The number of halogens is 1. The maximum absolute atomic E-state index is 14.6. The standard InChI is InChI=1S/C31H39FN2O2/c1-3-5-7-9-10-12-14-25-17-20-27(28(32)21-25)31(35)36-30-23-33-29(22-34-30)26-18-15-24(16-19-26)13-11-8-6-4-2/h15-23H,3-14H2,1-2H3. The summed E-state index contributed by atoms with van der Waals surface area (Å²) in [6, 6.07) is 13.0. The number of benzene rings is 2. The molecule has 0 saturated carbocycles. The van der Waals surface area contributed by atoms with E-state index in [0.717, 1.165) is 36.8 Å². The lowest BCUT2D eigenvalue weighted by Crippen LogP contribution is -2.12. The number of esters is 1. The summed E-state index contributed by atoms with van der Waals surface area (Å²) in [5.41, 5.74) is 3.76. The molecule has 1 aromatic heterocycles. The van der Waals surface area contributed by atoms with Gasteiger partial charge in [-0.3, -0.25) is 0 Å². The topological polar surface area (TPSA) is 52.1 Å². The van der Waals surface area contributed by atoms with E-state index in [0.29, 0.717) is 5.69 Å². The number of ether oxygens (including phenoxy) is 1. The fourth-order valence-corrected chi connectivity index (χ4v) is 4.26. The van der Waals surface area contributed by atoms with Gasteiger partial charge in [-0.05, 0) is 48.9 Å². The number of hydrogen-bond acceptors (Lipinski definition) is 4. The van der Waals surface area contributed by atoms with Crippen LogP contribution >= 0.6 is 0 Å². The predicted molar refractivity (Wildman–Crippen MR) is 144 cm³/mol. The van der Waals surface area contributed by atoms with E-state index < -0.39 is 11.8 Å². The van der Waals surface area contributed by atoms with Crippen molar-refractivity contribution in [3.05, 3.63) is 77.4 Å². The van der Waals surface area contributed by atoms with Crippen LogP contribution in [0, 0.1) is 5.82 Å². The molecule has 4 nitrogen and oxygen atoms in total. The maximum Gasteiger partial charge on any atom is 0.347 e. The molecule has 0 saturated heterocycles. The smallest absolute Gasteiger partial charge is 0.347 e. The zero-order valence-corrected chi connectivity index (χ0v) is 21.8. The van der Waals surface area contributed by atoms with Gasteiger partial charge in [0.1, 0.15) is 5.82 Å². The van der Waals surface area contributed by atoms with Crippen molar-refractivity contribution in [1.82, 2.24) is 9.97 Å². The molecule has 0 fully saturated rings. The molecule has 5 heteroatoms. The van der Waals surface area contributed by atoms with Crippen LogP contribution in [0.5, 0.6) is 5.88 Å². The molecule has 0 atom stereocenters. The Balaban J connectivity index is 1.51. The van der Waals surface area contributed by atoms with E-state index in [1.807, 2.05) is 12.1 Å². The molecule has 0 unspecified atom stereocenters. The van der Waals surface area contributed by atoms with Crippen molar-refractivity contribution >= 4 is 5.97 Å². The molecule has 0 amide bonds. The minimum Gasteiger partial charge on any atom is -0.402 e. The SMILES string of the molecule is CCCCCCCCc1ccc(C(=O)Oc2cnc(-c3ccc(CCCCCC)cc3)cn2)c(F)c1. The number of rotatable bonds is 15. The summed E-state index contributed by atoms with van der Waals surface area (Å²) in [6.07, 6.45) is 17.0. The van der Waals surface area contributed by atoms with Gasteiger partial charge in [0.25, 0.3) is 0 Å². The van der Waals surface area contributed by atoms with Gasteiger partial charge in [0.05, 0.1) is 23.7 Å². The van der Waals surface area contributed by atoms with Gasteiger partial charge in [0.15, 0.2) is 0 Å². The average molecular weight is 491 g/mol. The summed E-state index contributed by atoms with van der Waals surface area (Å²) in [7, 11) is 0. The van der Waals surface area contributed by atoms with Crippen LogP contribution < -0.4 is 4.74 Å². The summed E-state index contributed by atoms with van der Waals surface area (Å²) in [5.74, 6) is -1.29. The summed E-state index contributed by atoms with van der Waals surface area (Å²) >= 11 is 0. The molecule has 0 N–H and O–H groups in total. The minimum absolute atomic E-state index is 0.0480. The van der Waals surface area contributed by atoms with E-state index in [4.69, 9.17) is 4.74 Å². The van der Waals surface area contributed by atoms with Gasteiger partial charge in [0.2, 0.25) is 5.88 Å². The molecule has 3 aromatic rings. The summed E-state index contributed by atoms with van der Waals surface area (Å²) in [4.78, 5) is 21.1.